The Morgan fingerprint density at radius 2 is 2.05 bits per heavy atom. The molecule has 1 atom stereocenters. The van der Waals surface area contributed by atoms with Crippen LogP contribution in [-0.2, 0) is 6.42 Å². The summed E-state index contributed by atoms with van der Waals surface area (Å²) < 4.78 is 0. The summed E-state index contributed by atoms with van der Waals surface area (Å²) in [5.41, 5.74) is 4.74. The number of amides is 1. The third-order valence-corrected chi connectivity index (χ3v) is 5.42. The van der Waals surface area contributed by atoms with E-state index in [1.54, 1.807) is 11.8 Å². The topological polar surface area (TPSA) is 20.3 Å². The van der Waals surface area contributed by atoms with Crippen molar-refractivity contribution < 1.29 is 4.79 Å². The Hall–Kier alpha value is -1.74. The van der Waals surface area contributed by atoms with E-state index in [2.05, 4.69) is 37.3 Å². The van der Waals surface area contributed by atoms with Crippen LogP contribution in [0.3, 0.4) is 0 Å². The van der Waals surface area contributed by atoms with Crippen molar-refractivity contribution in [2.24, 2.45) is 0 Å². The van der Waals surface area contributed by atoms with Gasteiger partial charge in [-0.05, 0) is 42.2 Å². The molecule has 2 heterocycles. The Balaban J connectivity index is 1.85. The summed E-state index contributed by atoms with van der Waals surface area (Å²) >= 11 is 1.81. The molecule has 0 aliphatic carbocycles. The summed E-state index contributed by atoms with van der Waals surface area (Å²) in [5, 5.41) is 0.141. The van der Waals surface area contributed by atoms with Gasteiger partial charge in [-0.3, -0.25) is 4.79 Å². The van der Waals surface area contributed by atoms with Gasteiger partial charge in [0.1, 0.15) is 5.37 Å². The zero-order valence-corrected chi connectivity index (χ0v) is 12.1. The second-order valence-electron chi connectivity index (χ2n) is 5.42. The quantitative estimate of drug-likeness (QED) is 0.732. The minimum atomic E-state index is 0.141. The largest absolute Gasteiger partial charge is 0.322 e. The van der Waals surface area contributed by atoms with Gasteiger partial charge in [-0.2, -0.15) is 0 Å². The predicted octanol–water partition coefficient (Wildman–Crippen LogP) is 3.80. The molecule has 3 heteroatoms. The minimum absolute atomic E-state index is 0.141. The number of benzene rings is 2. The van der Waals surface area contributed by atoms with Crippen molar-refractivity contribution in [3.05, 3.63) is 64.7 Å². The first-order chi connectivity index (χ1) is 9.74. The zero-order chi connectivity index (χ0) is 13.7. The summed E-state index contributed by atoms with van der Waals surface area (Å²) in [7, 11) is 0. The maximum absolute atomic E-state index is 12.7. The van der Waals surface area contributed by atoms with E-state index in [1.807, 2.05) is 17.0 Å². The number of hydrogen-bond acceptors (Lipinski definition) is 2. The summed E-state index contributed by atoms with van der Waals surface area (Å²) in [4.78, 5) is 15.8. The lowest BCUT2D eigenvalue weighted by Crippen LogP contribution is -2.41. The molecule has 0 bridgehead atoms. The maximum atomic E-state index is 12.7. The summed E-state index contributed by atoms with van der Waals surface area (Å²) in [6.07, 6.45) is 0.959. The van der Waals surface area contributed by atoms with E-state index in [1.165, 1.54) is 16.7 Å². The van der Waals surface area contributed by atoms with Crippen molar-refractivity contribution in [2.75, 3.05) is 6.54 Å². The number of carbonyl (C=O) groups is 1. The first-order valence-corrected chi connectivity index (χ1v) is 7.78. The van der Waals surface area contributed by atoms with Gasteiger partial charge in [0.05, 0.1) is 5.56 Å². The van der Waals surface area contributed by atoms with Crippen molar-refractivity contribution in [2.45, 2.75) is 23.6 Å². The molecule has 0 spiro atoms. The second kappa shape index (κ2) is 4.38. The Bertz CT molecular complexity index is 710. The average Bonchev–Trinajstić information content (AvgIpc) is 2.47. The van der Waals surface area contributed by atoms with Crippen molar-refractivity contribution >= 4 is 17.7 Å². The summed E-state index contributed by atoms with van der Waals surface area (Å²) in [6, 6.07) is 14.6. The number of nitrogens with zero attached hydrogens (tertiary/aromatic N) is 1. The molecular formula is C17H15NOS. The fourth-order valence-electron chi connectivity index (χ4n) is 3.04. The predicted molar refractivity (Wildman–Crippen MR) is 81.0 cm³/mol. The van der Waals surface area contributed by atoms with Gasteiger partial charge in [0.25, 0.3) is 5.91 Å². The molecule has 2 aromatic carbocycles. The molecule has 4 rings (SSSR count). The molecule has 0 saturated heterocycles. The fourth-order valence-corrected chi connectivity index (χ4v) is 4.50. The van der Waals surface area contributed by atoms with Crippen molar-refractivity contribution in [1.82, 2.24) is 4.90 Å². The molecule has 0 N–H and O–H groups in total. The first-order valence-electron chi connectivity index (χ1n) is 6.90. The van der Waals surface area contributed by atoms with Crippen molar-refractivity contribution in [1.29, 1.82) is 0 Å². The van der Waals surface area contributed by atoms with Crippen LogP contribution in [0, 0.1) is 6.92 Å². The van der Waals surface area contributed by atoms with Crippen LogP contribution in [0.25, 0.3) is 0 Å². The Morgan fingerprint density at radius 1 is 1.20 bits per heavy atom. The number of carbonyl (C=O) groups excluding carboxylic acids is 1. The molecule has 2 nitrogen and oxygen atoms in total. The van der Waals surface area contributed by atoms with Gasteiger partial charge in [0.2, 0.25) is 0 Å². The molecular weight excluding hydrogens is 266 g/mol. The second-order valence-corrected chi connectivity index (χ2v) is 6.54. The summed E-state index contributed by atoms with van der Waals surface area (Å²) in [5.74, 6) is 0.179. The highest BCUT2D eigenvalue weighted by Gasteiger charge is 2.37. The van der Waals surface area contributed by atoms with Gasteiger partial charge in [-0.1, -0.05) is 42.1 Å². The molecule has 20 heavy (non-hydrogen) atoms. The molecule has 0 fully saturated rings. The highest BCUT2D eigenvalue weighted by molar-refractivity contribution is 7.99. The number of rotatable bonds is 0. The molecule has 2 aliphatic rings. The molecule has 0 radical (unpaired) electrons. The van der Waals surface area contributed by atoms with Gasteiger partial charge >= 0.3 is 0 Å². The normalized spacial score (nSPS) is 20.1. The molecule has 0 aromatic heterocycles. The number of fused-ring (bicyclic) bond motifs is 4. The summed E-state index contributed by atoms with van der Waals surface area (Å²) in [6.45, 7) is 2.90. The third kappa shape index (κ3) is 1.70. The van der Waals surface area contributed by atoms with Crippen LogP contribution in [-0.4, -0.2) is 17.4 Å². The molecule has 1 unspecified atom stereocenters. The lowest BCUT2D eigenvalue weighted by atomic mass is 9.98. The van der Waals surface area contributed by atoms with Crippen LogP contribution in [0.15, 0.2) is 47.4 Å². The maximum Gasteiger partial charge on any atom is 0.256 e. The zero-order valence-electron chi connectivity index (χ0n) is 11.3. The van der Waals surface area contributed by atoms with Crippen LogP contribution in [0.2, 0.25) is 0 Å². The average molecular weight is 281 g/mol. The lowest BCUT2D eigenvalue weighted by molar-refractivity contribution is 0.0716. The van der Waals surface area contributed by atoms with E-state index in [4.69, 9.17) is 0 Å². The SMILES string of the molecule is Cc1ccc2c(c1)SC1c3ccccc3CCN1C2=O. The van der Waals surface area contributed by atoms with E-state index < -0.39 is 0 Å². The van der Waals surface area contributed by atoms with E-state index in [0.29, 0.717) is 0 Å². The Morgan fingerprint density at radius 3 is 2.95 bits per heavy atom. The van der Waals surface area contributed by atoms with Crippen LogP contribution >= 0.6 is 11.8 Å². The number of thioether (sulfide) groups is 1. The molecule has 1 amide bonds. The van der Waals surface area contributed by atoms with Crippen LogP contribution in [0.5, 0.6) is 0 Å². The fraction of sp³-hybridized carbons (Fsp3) is 0.235. The Labute approximate surface area is 122 Å². The van der Waals surface area contributed by atoms with E-state index >= 15 is 0 Å². The van der Waals surface area contributed by atoms with Gasteiger partial charge in [-0.15, -0.1) is 0 Å². The highest BCUT2D eigenvalue weighted by Crippen LogP contribution is 2.47. The monoisotopic (exact) mass is 281 g/mol. The highest BCUT2D eigenvalue weighted by atomic mass is 32.2. The molecule has 100 valence electrons. The number of aryl methyl sites for hydroxylation is 1. The Kier molecular flexibility index (Phi) is 2.64. The van der Waals surface area contributed by atoms with Gasteiger partial charge < -0.3 is 4.90 Å². The van der Waals surface area contributed by atoms with E-state index in [9.17, 15) is 4.79 Å². The van der Waals surface area contributed by atoms with E-state index in [0.717, 1.165) is 23.4 Å². The number of hydrogen-bond donors (Lipinski definition) is 0. The molecule has 0 saturated carbocycles. The van der Waals surface area contributed by atoms with E-state index in [-0.39, 0.29) is 11.3 Å². The van der Waals surface area contributed by atoms with Gasteiger partial charge in [-0.25, -0.2) is 0 Å². The molecule has 2 aliphatic heterocycles. The third-order valence-electron chi connectivity index (χ3n) is 4.09. The van der Waals surface area contributed by atoms with Crippen molar-refractivity contribution in [3.63, 3.8) is 0 Å². The molecule has 2 aromatic rings. The first kappa shape index (κ1) is 12.0. The van der Waals surface area contributed by atoms with Crippen LogP contribution in [0.1, 0.15) is 32.4 Å². The standard InChI is InChI=1S/C17H15NOS/c1-11-6-7-14-15(10-11)20-17-13-5-3-2-4-12(13)8-9-18(17)16(14)19/h2-7,10,17H,8-9H2,1H3. The lowest BCUT2D eigenvalue weighted by Gasteiger charge is -2.40. The van der Waals surface area contributed by atoms with Crippen LogP contribution < -0.4 is 0 Å². The van der Waals surface area contributed by atoms with Gasteiger partial charge in [0.15, 0.2) is 0 Å². The smallest absolute Gasteiger partial charge is 0.256 e. The van der Waals surface area contributed by atoms with Crippen LogP contribution in [0.4, 0.5) is 0 Å². The van der Waals surface area contributed by atoms with Gasteiger partial charge in [0, 0.05) is 11.4 Å². The van der Waals surface area contributed by atoms with Crippen molar-refractivity contribution in [3.8, 4) is 0 Å². The minimum Gasteiger partial charge on any atom is -0.322 e.